The molecule has 262 valence electrons. The molecular weight excluding hydrogens is 587 g/mol. The molecule has 3 atom stereocenters. The van der Waals surface area contributed by atoms with Crippen molar-refractivity contribution in [2.45, 2.75) is 154 Å². The van der Waals surface area contributed by atoms with Gasteiger partial charge >= 0.3 is 7.82 Å². The van der Waals surface area contributed by atoms with E-state index in [0.29, 0.717) is 6.42 Å². The van der Waals surface area contributed by atoms with Crippen LogP contribution in [-0.2, 0) is 18.4 Å². The van der Waals surface area contributed by atoms with Crippen LogP contribution in [0.25, 0.3) is 0 Å². The van der Waals surface area contributed by atoms with Crippen molar-refractivity contribution in [1.29, 1.82) is 0 Å². The lowest BCUT2D eigenvalue weighted by Crippen LogP contribution is -2.45. The lowest BCUT2D eigenvalue weighted by Gasteiger charge is -2.23. The fraction of sp³-hybridized carbons (Fsp3) is 0.750. The van der Waals surface area contributed by atoms with E-state index in [1.807, 2.05) is 6.08 Å². The van der Waals surface area contributed by atoms with Gasteiger partial charge in [-0.25, -0.2) is 4.57 Å². The molecule has 0 aromatic rings. The van der Waals surface area contributed by atoms with Crippen LogP contribution in [-0.4, -0.2) is 47.8 Å². The van der Waals surface area contributed by atoms with Gasteiger partial charge in [0.05, 0.1) is 25.4 Å². The van der Waals surface area contributed by atoms with Crippen LogP contribution in [0.5, 0.6) is 0 Å². The van der Waals surface area contributed by atoms with Gasteiger partial charge in [0.25, 0.3) is 0 Å². The van der Waals surface area contributed by atoms with E-state index >= 15 is 0 Å². The maximum atomic E-state index is 12.6. The van der Waals surface area contributed by atoms with Crippen molar-refractivity contribution >= 4 is 13.7 Å². The number of phosphoric ester groups is 1. The van der Waals surface area contributed by atoms with E-state index in [-0.39, 0.29) is 25.7 Å². The number of rotatable bonds is 32. The van der Waals surface area contributed by atoms with Gasteiger partial charge in [-0.3, -0.25) is 13.8 Å². The van der Waals surface area contributed by atoms with Gasteiger partial charge in [-0.05, 0) is 64.2 Å². The molecule has 8 nitrogen and oxygen atoms in total. The lowest BCUT2D eigenvalue weighted by molar-refractivity contribution is -0.123. The number of carbonyl (C=O) groups excluding carboxylic acids is 1. The third kappa shape index (κ3) is 30.9. The van der Waals surface area contributed by atoms with Crippen LogP contribution >= 0.6 is 7.82 Å². The Morgan fingerprint density at radius 3 is 1.89 bits per heavy atom. The van der Waals surface area contributed by atoms with Gasteiger partial charge in [-0.15, -0.1) is 0 Å². The second-order valence-corrected chi connectivity index (χ2v) is 13.2. The van der Waals surface area contributed by atoms with Crippen LogP contribution in [0.2, 0.25) is 0 Å². The summed E-state index contributed by atoms with van der Waals surface area (Å²) in [6.45, 7) is 4.01. The Labute approximate surface area is 275 Å². The molecule has 0 spiro atoms. The average Bonchev–Trinajstić information content (AvgIpc) is 3.02. The molecule has 1 amide bonds. The highest BCUT2D eigenvalue weighted by Crippen LogP contribution is 2.43. The van der Waals surface area contributed by atoms with Gasteiger partial charge in [0.1, 0.15) is 0 Å². The maximum absolute atomic E-state index is 12.6. The first kappa shape index (κ1) is 43.5. The molecule has 3 unspecified atom stereocenters. The molecular formula is C36H67N2O6P. The van der Waals surface area contributed by atoms with E-state index in [1.54, 1.807) is 6.08 Å². The van der Waals surface area contributed by atoms with Gasteiger partial charge in [0.15, 0.2) is 0 Å². The highest BCUT2D eigenvalue weighted by Gasteiger charge is 2.26. The third-order valence-electron chi connectivity index (χ3n) is 7.38. The smallest absolute Gasteiger partial charge is 0.387 e. The Morgan fingerprint density at radius 1 is 0.733 bits per heavy atom. The zero-order valence-corrected chi connectivity index (χ0v) is 29.5. The zero-order chi connectivity index (χ0) is 33.3. The third-order valence-corrected chi connectivity index (χ3v) is 8.36. The Balaban J connectivity index is 4.43. The average molecular weight is 655 g/mol. The minimum Gasteiger partial charge on any atom is -0.387 e. The minimum absolute atomic E-state index is 0.0697. The maximum Gasteiger partial charge on any atom is 0.472 e. The number of aliphatic hydroxyl groups excluding tert-OH is 1. The Morgan fingerprint density at radius 2 is 1.24 bits per heavy atom. The highest BCUT2D eigenvalue weighted by atomic mass is 31.2. The quantitative estimate of drug-likeness (QED) is 0.0323. The number of amides is 1. The van der Waals surface area contributed by atoms with Gasteiger partial charge in [-0.1, -0.05) is 120 Å². The normalized spacial score (nSPS) is 15.0. The summed E-state index contributed by atoms with van der Waals surface area (Å²) in [5.74, 6) is -0.223. The number of phosphoric acid groups is 1. The molecule has 0 aromatic carbocycles. The molecule has 0 aliphatic heterocycles. The van der Waals surface area contributed by atoms with Gasteiger partial charge < -0.3 is 21.1 Å². The molecule has 0 fully saturated rings. The topological polar surface area (TPSA) is 131 Å². The van der Waals surface area contributed by atoms with Crippen molar-refractivity contribution in [2.75, 3.05) is 19.8 Å². The van der Waals surface area contributed by atoms with E-state index in [4.69, 9.17) is 14.8 Å². The highest BCUT2D eigenvalue weighted by molar-refractivity contribution is 7.47. The number of carbonyl (C=O) groups is 1. The first-order valence-electron chi connectivity index (χ1n) is 17.8. The molecule has 45 heavy (non-hydrogen) atoms. The number of nitrogens with one attached hydrogen (secondary N) is 1. The number of aliphatic hydroxyl groups is 1. The van der Waals surface area contributed by atoms with Crippen molar-refractivity contribution in [1.82, 2.24) is 5.32 Å². The second kappa shape index (κ2) is 32.4. The summed E-state index contributed by atoms with van der Waals surface area (Å²) in [5, 5.41) is 13.5. The summed E-state index contributed by atoms with van der Waals surface area (Å²) in [7, 11) is -4.34. The van der Waals surface area contributed by atoms with Crippen molar-refractivity contribution < 1.29 is 28.4 Å². The van der Waals surface area contributed by atoms with Crippen molar-refractivity contribution in [3.63, 3.8) is 0 Å². The molecule has 0 heterocycles. The van der Waals surface area contributed by atoms with Crippen LogP contribution in [0, 0.1) is 0 Å². The SMILES string of the molecule is CCCCC/C=C\C/C=C\CCCCCCCC(=O)NC(COP(=O)(O)OCCN)C(O)/C=C/CC/C=C/CCCCCCC. The predicted octanol–water partition coefficient (Wildman–Crippen LogP) is 8.99. The van der Waals surface area contributed by atoms with Gasteiger partial charge in [0, 0.05) is 13.0 Å². The summed E-state index contributed by atoms with van der Waals surface area (Å²) in [6.07, 6.45) is 37.3. The number of nitrogens with two attached hydrogens (primary N) is 1. The fourth-order valence-electron chi connectivity index (χ4n) is 4.65. The molecule has 0 radical (unpaired) electrons. The molecule has 5 N–H and O–H groups in total. The number of allylic oxidation sites excluding steroid dienone is 7. The van der Waals surface area contributed by atoms with Gasteiger partial charge in [-0.2, -0.15) is 0 Å². The Hall–Kier alpha value is -1.54. The van der Waals surface area contributed by atoms with Crippen LogP contribution in [0.3, 0.4) is 0 Å². The first-order chi connectivity index (χ1) is 21.9. The molecule has 0 rings (SSSR count). The summed E-state index contributed by atoms with van der Waals surface area (Å²) >= 11 is 0. The van der Waals surface area contributed by atoms with Crippen molar-refractivity contribution in [2.24, 2.45) is 5.73 Å². The summed E-state index contributed by atoms with van der Waals surface area (Å²) in [5.41, 5.74) is 5.34. The Kier molecular flexibility index (Phi) is 31.3. The zero-order valence-electron chi connectivity index (χ0n) is 28.6. The number of hydrogen-bond donors (Lipinski definition) is 4. The molecule has 0 aliphatic rings. The molecule has 0 saturated carbocycles. The number of hydrogen-bond acceptors (Lipinski definition) is 6. The molecule has 9 heteroatoms. The summed E-state index contributed by atoms with van der Waals surface area (Å²) < 4.78 is 21.9. The predicted molar refractivity (Wildman–Crippen MR) is 189 cm³/mol. The minimum atomic E-state index is -4.34. The van der Waals surface area contributed by atoms with E-state index < -0.39 is 20.0 Å². The largest absolute Gasteiger partial charge is 0.472 e. The van der Waals surface area contributed by atoms with E-state index in [0.717, 1.165) is 64.2 Å². The van der Waals surface area contributed by atoms with Crippen LogP contribution in [0.1, 0.15) is 142 Å². The van der Waals surface area contributed by atoms with E-state index in [9.17, 15) is 19.4 Å². The van der Waals surface area contributed by atoms with Crippen LogP contribution in [0.4, 0.5) is 0 Å². The van der Waals surface area contributed by atoms with Crippen molar-refractivity contribution in [3.8, 4) is 0 Å². The molecule has 0 aliphatic carbocycles. The van der Waals surface area contributed by atoms with E-state index in [2.05, 4.69) is 55.6 Å². The lowest BCUT2D eigenvalue weighted by atomic mass is 10.1. The van der Waals surface area contributed by atoms with Crippen LogP contribution < -0.4 is 11.1 Å². The standard InChI is InChI=1S/C36H67N2O6P/c1-3-5-7-9-11-13-15-16-17-18-20-22-24-26-28-30-36(40)38-34(33-44-45(41,42)43-32-31-37)35(39)29-27-25-23-21-19-14-12-10-8-6-4-2/h11,13,16-17,19,21,27,29,34-35,39H,3-10,12,14-15,18,20,22-26,28,30-33,37H2,1-2H3,(H,38,40)(H,41,42)/b13-11-,17-16-,21-19+,29-27+. The summed E-state index contributed by atoms with van der Waals surface area (Å²) in [6, 6.07) is -0.882. The second-order valence-electron chi connectivity index (χ2n) is 11.7. The molecule has 0 saturated heterocycles. The molecule has 0 aromatic heterocycles. The molecule has 0 bridgehead atoms. The Bertz CT molecular complexity index is 845. The first-order valence-corrected chi connectivity index (χ1v) is 19.3. The fourth-order valence-corrected chi connectivity index (χ4v) is 5.40. The monoisotopic (exact) mass is 654 g/mol. The van der Waals surface area contributed by atoms with Crippen LogP contribution in [0.15, 0.2) is 48.6 Å². The van der Waals surface area contributed by atoms with E-state index in [1.165, 1.54) is 57.8 Å². The van der Waals surface area contributed by atoms with Gasteiger partial charge in [0.2, 0.25) is 5.91 Å². The number of unbranched alkanes of at least 4 members (excludes halogenated alkanes) is 14. The summed E-state index contributed by atoms with van der Waals surface area (Å²) in [4.78, 5) is 22.5. The van der Waals surface area contributed by atoms with Crippen molar-refractivity contribution in [3.05, 3.63) is 48.6 Å².